The standard InChI is InChI=1S/C10H14N2O3/c1-10(2,6-13)12-9(15)8-7(14)4-3-5-11-8/h3-5,13-14H,6H2,1-2H3,(H,12,15). The van der Waals surface area contributed by atoms with Crippen LogP contribution >= 0.6 is 0 Å². The average Bonchev–Trinajstić information content (AvgIpc) is 2.17. The zero-order chi connectivity index (χ0) is 11.5. The molecule has 0 fully saturated rings. The lowest BCUT2D eigenvalue weighted by Crippen LogP contribution is -2.46. The zero-order valence-corrected chi connectivity index (χ0v) is 8.69. The fraction of sp³-hybridized carbons (Fsp3) is 0.400. The molecule has 0 aliphatic carbocycles. The van der Waals surface area contributed by atoms with Crippen LogP contribution in [0.3, 0.4) is 0 Å². The summed E-state index contributed by atoms with van der Waals surface area (Å²) in [5, 5.41) is 20.9. The fourth-order valence-corrected chi connectivity index (χ4v) is 0.978. The molecular formula is C10H14N2O3. The van der Waals surface area contributed by atoms with E-state index in [1.807, 2.05) is 0 Å². The molecule has 0 bridgehead atoms. The molecule has 0 aliphatic heterocycles. The lowest BCUT2D eigenvalue weighted by molar-refractivity contribution is 0.0861. The second kappa shape index (κ2) is 4.27. The van der Waals surface area contributed by atoms with E-state index in [9.17, 15) is 9.90 Å². The van der Waals surface area contributed by atoms with E-state index in [4.69, 9.17) is 5.11 Å². The summed E-state index contributed by atoms with van der Waals surface area (Å²) in [5.41, 5.74) is -0.778. The summed E-state index contributed by atoms with van der Waals surface area (Å²) in [7, 11) is 0. The van der Waals surface area contributed by atoms with Crippen molar-refractivity contribution in [3.05, 3.63) is 24.0 Å². The number of nitrogens with zero attached hydrogens (tertiary/aromatic N) is 1. The van der Waals surface area contributed by atoms with Crippen LogP contribution in [0.25, 0.3) is 0 Å². The lowest BCUT2D eigenvalue weighted by Gasteiger charge is -2.23. The minimum atomic E-state index is -0.735. The number of pyridine rings is 1. The van der Waals surface area contributed by atoms with Gasteiger partial charge in [0, 0.05) is 6.20 Å². The minimum Gasteiger partial charge on any atom is -0.505 e. The molecule has 0 unspecified atom stereocenters. The maximum Gasteiger partial charge on any atom is 0.274 e. The zero-order valence-electron chi connectivity index (χ0n) is 8.69. The van der Waals surface area contributed by atoms with Crippen LogP contribution in [0.2, 0.25) is 0 Å². The normalized spacial score (nSPS) is 11.1. The van der Waals surface area contributed by atoms with Gasteiger partial charge in [0.25, 0.3) is 5.91 Å². The first kappa shape index (κ1) is 11.5. The Balaban J connectivity index is 2.83. The molecular weight excluding hydrogens is 196 g/mol. The van der Waals surface area contributed by atoms with E-state index in [1.54, 1.807) is 13.8 Å². The summed E-state index contributed by atoms with van der Waals surface area (Å²) in [6.07, 6.45) is 1.42. The van der Waals surface area contributed by atoms with E-state index < -0.39 is 11.4 Å². The van der Waals surface area contributed by atoms with Crippen LogP contribution in [-0.4, -0.2) is 33.3 Å². The summed E-state index contributed by atoms with van der Waals surface area (Å²) < 4.78 is 0. The molecule has 1 amide bonds. The lowest BCUT2D eigenvalue weighted by atomic mass is 10.1. The van der Waals surface area contributed by atoms with Crippen molar-refractivity contribution >= 4 is 5.91 Å². The van der Waals surface area contributed by atoms with Crippen molar-refractivity contribution in [2.45, 2.75) is 19.4 Å². The molecule has 5 nitrogen and oxygen atoms in total. The average molecular weight is 210 g/mol. The van der Waals surface area contributed by atoms with Crippen LogP contribution in [0.5, 0.6) is 5.75 Å². The Hall–Kier alpha value is -1.62. The monoisotopic (exact) mass is 210 g/mol. The summed E-state index contributed by atoms with van der Waals surface area (Å²) in [6, 6.07) is 2.91. The smallest absolute Gasteiger partial charge is 0.274 e. The molecule has 1 heterocycles. The second-order valence-electron chi connectivity index (χ2n) is 3.87. The summed E-state index contributed by atoms with van der Waals surface area (Å²) in [6.45, 7) is 3.15. The topological polar surface area (TPSA) is 82.5 Å². The second-order valence-corrected chi connectivity index (χ2v) is 3.87. The van der Waals surface area contributed by atoms with Crippen LogP contribution in [0.1, 0.15) is 24.3 Å². The number of aromatic hydroxyl groups is 1. The minimum absolute atomic E-state index is 0.0426. The fourth-order valence-electron chi connectivity index (χ4n) is 0.978. The van der Waals surface area contributed by atoms with Gasteiger partial charge in [-0.15, -0.1) is 0 Å². The van der Waals surface area contributed by atoms with E-state index >= 15 is 0 Å². The summed E-state index contributed by atoms with van der Waals surface area (Å²) in [4.78, 5) is 15.3. The number of aromatic nitrogens is 1. The first-order valence-corrected chi connectivity index (χ1v) is 4.53. The molecule has 0 atom stereocenters. The van der Waals surface area contributed by atoms with Crippen molar-refractivity contribution in [1.82, 2.24) is 10.3 Å². The molecule has 0 saturated heterocycles. The van der Waals surface area contributed by atoms with Crippen molar-refractivity contribution in [2.75, 3.05) is 6.61 Å². The highest BCUT2D eigenvalue weighted by molar-refractivity contribution is 5.95. The van der Waals surface area contributed by atoms with E-state index in [0.717, 1.165) is 0 Å². The predicted octanol–water partition coefficient (Wildman–Crippen LogP) is 0.288. The van der Waals surface area contributed by atoms with Crippen LogP contribution in [0.4, 0.5) is 0 Å². The Bertz CT molecular complexity index is 363. The third-order valence-electron chi connectivity index (χ3n) is 1.85. The maximum atomic E-state index is 11.6. The van der Waals surface area contributed by atoms with Gasteiger partial charge < -0.3 is 15.5 Å². The molecule has 0 aromatic carbocycles. The van der Waals surface area contributed by atoms with Gasteiger partial charge in [-0.3, -0.25) is 4.79 Å². The first-order chi connectivity index (χ1) is 6.96. The van der Waals surface area contributed by atoms with E-state index in [0.29, 0.717) is 0 Å². The highest BCUT2D eigenvalue weighted by Crippen LogP contribution is 2.13. The molecule has 1 rings (SSSR count). The van der Waals surface area contributed by atoms with Gasteiger partial charge in [-0.25, -0.2) is 4.98 Å². The van der Waals surface area contributed by atoms with Gasteiger partial charge >= 0.3 is 0 Å². The summed E-state index contributed by atoms with van der Waals surface area (Å²) in [5.74, 6) is -0.684. The highest BCUT2D eigenvalue weighted by Gasteiger charge is 2.22. The van der Waals surface area contributed by atoms with Crippen LogP contribution in [-0.2, 0) is 0 Å². The van der Waals surface area contributed by atoms with Crippen molar-refractivity contribution in [1.29, 1.82) is 0 Å². The molecule has 0 saturated carbocycles. The molecule has 0 aliphatic rings. The van der Waals surface area contributed by atoms with Crippen molar-refractivity contribution in [3.63, 3.8) is 0 Å². The molecule has 0 radical (unpaired) electrons. The Morgan fingerprint density at radius 2 is 2.27 bits per heavy atom. The van der Waals surface area contributed by atoms with Gasteiger partial charge in [0.05, 0.1) is 12.1 Å². The molecule has 1 aromatic rings. The molecule has 3 N–H and O–H groups in total. The van der Waals surface area contributed by atoms with Gasteiger partial charge in [0.15, 0.2) is 5.69 Å². The number of carbonyl (C=O) groups excluding carboxylic acids is 1. The van der Waals surface area contributed by atoms with Crippen LogP contribution in [0, 0.1) is 0 Å². The van der Waals surface area contributed by atoms with Gasteiger partial charge in [-0.2, -0.15) is 0 Å². The number of hydrogen-bond acceptors (Lipinski definition) is 4. The number of carbonyl (C=O) groups is 1. The third kappa shape index (κ3) is 2.92. The molecule has 82 valence electrons. The number of aliphatic hydroxyl groups is 1. The molecule has 1 aromatic heterocycles. The van der Waals surface area contributed by atoms with Crippen LogP contribution < -0.4 is 5.32 Å². The molecule has 15 heavy (non-hydrogen) atoms. The number of rotatable bonds is 3. The Morgan fingerprint density at radius 3 is 2.80 bits per heavy atom. The van der Waals surface area contributed by atoms with Crippen LogP contribution in [0.15, 0.2) is 18.3 Å². The highest BCUT2D eigenvalue weighted by atomic mass is 16.3. The van der Waals surface area contributed by atoms with Gasteiger partial charge in [-0.05, 0) is 26.0 Å². The predicted molar refractivity (Wildman–Crippen MR) is 54.5 cm³/mol. The SMILES string of the molecule is CC(C)(CO)NC(=O)c1ncccc1O. The number of hydrogen-bond donors (Lipinski definition) is 3. The van der Waals surface area contributed by atoms with Gasteiger partial charge in [0.2, 0.25) is 0 Å². The van der Waals surface area contributed by atoms with Gasteiger partial charge in [-0.1, -0.05) is 0 Å². The van der Waals surface area contributed by atoms with E-state index in [2.05, 4.69) is 10.3 Å². The van der Waals surface area contributed by atoms with Gasteiger partial charge in [0.1, 0.15) is 5.75 Å². The van der Waals surface area contributed by atoms with E-state index in [-0.39, 0.29) is 18.1 Å². The Labute approximate surface area is 87.8 Å². The maximum absolute atomic E-state index is 11.6. The summed E-state index contributed by atoms with van der Waals surface area (Å²) >= 11 is 0. The van der Waals surface area contributed by atoms with Crippen molar-refractivity contribution in [3.8, 4) is 5.75 Å². The van der Waals surface area contributed by atoms with Crippen molar-refractivity contribution in [2.24, 2.45) is 0 Å². The molecule has 0 spiro atoms. The largest absolute Gasteiger partial charge is 0.505 e. The third-order valence-corrected chi connectivity index (χ3v) is 1.85. The first-order valence-electron chi connectivity index (χ1n) is 4.53. The Morgan fingerprint density at radius 1 is 1.60 bits per heavy atom. The van der Waals surface area contributed by atoms with E-state index in [1.165, 1.54) is 18.3 Å². The number of nitrogens with one attached hydrogen (secondary N) is 1. The quantitative estimate of drug-likeness (QED) is 0.669. The van der Waals surface area contributed by atoms with Crippen molar-refractivity contribution < 1.29 is 15.0 Å². The molecule has 5 heteroatoms. The number of aliphatic hydroxyl groups excluding tert-OH is 1. The number of amides is 1. The Kier molecular flexibility index (Phi) is 3.26.